The molecule has 4 heteroatoms. The Balaban J connectivity index is 0.00000264. The van der Waals surface area contributed by atoms with E-state index in [1.165, 1.54) is 11.1 Å². The van der Waals surface area contributed by atoms with Gasteiger partial charge in [0.15, 0.2) is 0 Å². The van der Waals surface area contributed by atoms with Gasteiger partial charge in [0.1, 0.15) is 0 Å². The maximum Gasteiger partial charge on any atom is 0.222 e. The van der Waals surface area contributed by atoms with Crippen LogP contribution in [0.15, 0.2) is 54.6 Å². The predicted molar refractivity (Wildman–Crippen MR) is 97.7 cm³/mol. The Kier molecular flexibility index (Phi) is 7.79. The van der Waals surface area contributed by atoms with Crippen molar-refractivity contribution in [2.24, 2.45) is 5.73 Å². The predicted octanol–water partition coefficient (Wildman–Crippen LogP) is 3.55. The molecular weight excluding hydrogens is 308 g/mol. The molecule has 23 heavy (non-hydrogen) atoms. The molecule has 0 spiro atoms. The Morgan fingerprint density at radius 3 is 2.35 bits per heavy atom. The van der Waals surface area contributed by atoms with Crippen molar-refractivity contribution in [3.8, 4) is 0 Å². The molecule has 2 atom stereocenters. The van der Waals surface area contributed by atoms with Crippen molar-refractivity contribution in [3.05, 3.63) is 71.3 Å². The minimum atomic E-state index is -0.258. The SMILES string of the molecule is Cc1ccccc1CC(C)NC(=O)CC(N)c1ccccc1.Cl. The number of hydrogen-bond donors (Lipinski definition) is 2. The van der Waals surface area contributed by atoms with Crippen molar-refractivity contribution in [2.45, 2.75) is 38.8 Å². The van der Waals surface area contributed by atoms with Gasteiger partial charge >= 0.3 is 0 Å². The quantitative estimate of drug-likeness (QED) is 0.850. The molecule has 2 aromatic rings. The van der Waals surface area contributed by atoms with Gasteiger partial charge in [0.2, 0.25) is 5.91 Å². The second-order valence-corrected chi connectivity index (χ2v) is 5.82. The molecular formula is C19H25ClN2O. The highest BCUT2D eigenvalue weighted by Crippen LogP contribution is 2.14. The van der Waals surface area contributed by atoms with Crippen molar-refractivity contribution < 1.29 is 4.79 Å². The summed E-state index contributed by atoms with van der Waals surface area (Å²) in [5.41, 5.74) is 9.60. The van der Waals surface area contributed by atoms with E-state index in [1.54, 1.807) is 0 Å². The molecule has 0 heterocycles. The lowest BCUT2D eigenvalue weighted by molar-refractivity contribution is -0.122. The molecule has 0 bridgehead atoms. The molecule has 0 aliphatic carbocycles. The number of carbonyl (C=O) groups is 1. The van der Waals surface area contributed by atoms with Crippen LogP contribution >= 0.6 is 12.4 Å². The summed E-state index contributed by atoms with van der Waals surface area (Å²) >= 11 is 0. The molecule has 0 saturated heterocycles. The van der Waals surface area contributed by atoms with Crippen LogP contribution in [0.3, 0.4) is 0 Å². The Labute approximate surface area is 144 Å². The minimum absolute atomic E-state index is 0. The number of carbonyl (C=O) groups excluding carboxylic acids is 1. The van der Waals surface area contributed by atoms with Gasteiger partial charge in [-0.1, -0.05) is 54.6 Å². The van der Waals surface area contributed by atoms with Crippen molar-refractivity contribution >= 4 is 18.3 Å². The molecule has 0 fully saturated rings. The van der Waals surface area contributed by atoms with Gasteiger partial charge in [0.25, 0.3) is 0 Å². The Morgan fingerprint density at radius 2 is 1.70 bits per heavy atom. The molecule has 0 aromatic heterocycles. The first kappa shape index (κ1) is 19.2. The summed E-state index contributed by atoms with van der Waals surface area (Å²) < 4.78 is 0. The number of benzene rings is 2. The molecule has 2 unspecified atom stereocenters. The van der Waals surface area contributed by atoms with Gasteiger partial charge in [-0.15, -0.1) is 12.4 Å². The summed E-state index contributed by atoms with van der Waals surface area (Å²) in [5.74, 6) is -0.00237. The average molecular weight is 333 g/mol. The lowest BCUT2D eigenvalue weighted by Gasteiger charge is -2.17. The van der Waals surface area contributed by atoms with E-state index in [0.717, 1.165) is 12.0 Å². The summed E-state index contributed by atoms with van der Waals surface area (Å²) in [6.07, 6.45) is 1.14. The van der Waals surface area contributed by atoms with Crippen molar-refractivity contribution in [1.82, 2.24) is 5.32 Å². The van der Waals surface area contributed by atoms with Crippen LogP contribution in [0.5, 0.6) is 0 Å². The maximum atomic E-state index is 12.1. The first-order valence-electron chi connectivity index (χ1n) is 7.70. The number of nitrogens with two attached hydrogens (primary N) is 1. The number of halogens is 1. The van der Waals surface area contributed by atoms with Gasteiger partial charge in [-0.25, -0.2) is 0 Å². The van der Waals surface area contributed by atoms with Crippen LogP contribution in [0.2, 0.25) is 0 Å². The summed E-state index contributed by atoms with van der Waals surface area (Å²) in [7, 11) is 0. The van der Waals surface area contributed by atoms with E-state index >= 15 is 0 Å². The van der Waals surface area contributed by atoms with Crippen LogP contribution < -0.4 is 11.1 Å². The summed E-state index contributed by atoms with van der Waals surface area (Å²) in [5, 5.41) is 3.04. The molecule has 124 valence electrons. The van der Waals surface area contributed by atoms with E-state index < -0.39 is 0 Å². The molecule has 0 radical (unpaired) electrons. The topological polar surface area (TPSA) is 55.1 Å². The van der Waals surface area contributed by atoms with Crippen molar-refractivity contribution in [1.29, 1.82) is 0 Å². The van der Waals surface area contributed by atoms with Gasteiger partial charge < -0.3 is 11.1 Å². The van der Waals surface area contributed by atoms with Crippen LogP contribution in [0.25, 0.3) is 0 Å². The van der Waals surface area contributed by atoms with E-state index in [0.29, 0.717) is 6.42 Å². The second kappa shape index (κ2) is 9.33. The summed E-state index contributed by atoms with van der Waals surface area (Å²) in [6, 6.07) is 17.8. The normalized spacial score (nSPS) is 12.8. The lowest BCUT2D eigenvalue weighted by Crippen LogP contribution is -2.36. The standard InChI is InChI=1S/C19H24N2O.ClH/c1-14-8-6-7-11-17(14)12-15(2)21-19(22)13-18(20)16-9-4-3-5-10-16;/h3-11,15,18H,12-13,20H2,1-2H3,(H,21,22);1H. The third-order valence-corrected chi connectivity index (χ3v) is 3.83. The monoisotopic (exact) mass is 332 g/mol. The van der Waals surface area contributed by atoms with E-state index in [4.69, 9.17) is 5.73 Å². The van der Waals surface area contributed by atoms with Gasteiger partial charge in [-0.3, -0.25) is 4.79 Å². The maximum absolute atomic E-state index is 12.1. The first-order valence-corrected chi connectivity index (χ1v) is 7.70. The zero-order chi connectivity index (χ0) is 15.9. The summed E-state index contributed by atoms with van der Waals surface area (Å²) in [4.78, 5) is 12.1. The van der Waals surface area contributed by atoms with Crippen molar-refractivity contribution in [2.75, 3.05) is 0 Å². The molecule has 0 aliphatic heterocycles. The van der Waals surface area contributed by atoms with Crippen LogP contribution in [-0.2, 0) is 11.2 Å². The number of amides is 1. The van der Waals surface area contributed by atoms with Gasteiger partial charge in [-0.05, 0) is 37.0 Å². The number of nitrogens with one attached hydrogen (secondary N) is 1. The molecule has 2 rings (SSSR count). The third-order valence-electron chi connectivity index (χ3n) is 3.83. The van der Waals surface area contributed by atoms with Crippen LogP contribution in [-0.4, -0.2) is 11.9 Å². The van der Waals surface area contributed by atoms with Crippen LogP contribution in [0.1, 0.15) is 36.1 Å². The molecule has 0 aliphatic rings. The molecule has 2 aromatic carbocycles. The smallest absolute Gasteiger partial charge is 0.222 e. The molecule has 3 nitrogen and oxygen atoms in total. The van der Waals surface area contributed by atoms with Crippen LogP contribution in [0, 0.1) is 6.92 Å². The average Bonchev–Trinajstić information content (AvgIpc) is 2.50. The minimum Gasteiger partial charge on any atom is -0.353 e. The van der Waals surface area contributed by atoms with E-state index in [1.807, 2.05) is 49.4 Å². The number of hydrogen-bond acceptors (Lipinski definition) is 2. The van der Waals surface area contributed by atoms with Crippen molar-refractivity contribution in [3.63, 3.8) is 0 Å². The third kappa shape index (κ3) is 6.05. The van der Waals surface area contributed by atoms with Gasteiger partial charge in [0.05, 0.1) is 0 Å². The van der Waals surface area contributed by atoms with Gasteiger partial charge in [-0.2, -0.15) is 0 Å². The largest absolute Gasteiger partial charge is 0.353 e. The zero-order valence-electron chi connectivity index (χ0n) is 13.7. The fourth-order valence-electron chi connectivity index (χ4n) is 2.57. The molecule has 0 saturated carbocycles. The van der Waals surface area contributed by atoms with Gasteiger partial charge in [0, 0.05) is 18.5 Å². The fourth-order valence-corrected chi connectivity index (χ4v) is 2.57. The second-order valence-electron chi connectivity index (χ2n) is 5.82. The highest BCUT2D eigenvalue weighted by Gasteiger charge is 2.14. The highest BCUT2D eigenvalue weighted by molar-refractivity contribution is 5.85. The van der Waals surface area contributed by atoms with E-state index in [9.17, 15) is 4.79 Å². The van der Waals surface area contributed by atoms with E-state index in [-0.39, 0.29) is 30.4 Å². The molecule has 1 amide bonds. The Hall–Kier alpha value is -1.84. The first-order chi connectivity index (χ1) is 10.6. The summed E-state index contributed by atoms with van der Waals surface area (Å²) in [6.45, 7) is 4.12. The van der Waals surface area contributed by atoms with Crippen LogP contribution in [0.4, 0.5) is 0 Å². The number of rotatable bonds is 6. The fraction of sp³-hybridized carbons (Fsp3) is 0.316. The highest BCUT2D eigenvalue weighted by atomic mass is 35.5. The zero-order valence-corrected chi connectivity index (χ0v) is 14.5. The Bertz CT molecular complexity index is 616. The van der Waals surface area contributed by atoms with E-state index in [2.05, 4.69) is 24.4 Å². The molecule has 3 N–H and O–H groups in total. The number of aryl methyl sites for hydroxylation is 1. The lowest BCUT2D eigenvalue weighted by atomic mass is 10.0. The Morgan fingerprint density at radius 1 is 1.09 bits per heavy atom.